The number of amides is 3. The van der Waals surface area contributed by atoms with Crippen LogP contribution in [0.4, 0.5) is 10.5 Å². The molecule has 0 aromatic heterocycles. The van der Waals surface area contributed by atoms with Gasteiger partial charge in [-0.15, -0.1) is 0 Å². The zero-order valence-corrected chi connectivity index (χ0v) is 23.2. The Kier molecular flexibility index (Phi) is 10.3. The largest absolute Gasteiger partial charge is 0.481 e. The van der Waals surface area contributed by atoms with Crippen molar-refractivity contribution in [3.8, 4) is 5.75 Å². The maximum atomic E-state index is 12.9. The number of ether oxygens (including phenoxy) is 2. The van der Waals surface area contributed by atoms with E-state index >= 15 is 0 Å². The first-order chi connectivity index (χ1) is 18.1. The van der Waals surface area contributed by atoms with Gasteiger partial charge in [0.15, 0.2) is 6.61 Å². The summed E-state index contributed by atoms with van der Waals surface area (Å²) in [6.45, 7) is 1.04. The second-order valence-electron chi connectivity index (χ2n) is 7.86. The van der Waals surface area contributed by atoms with Crippen molar-refractivity contribution in [2.24, 2.45) is 0 Å². The summed E-state index contributed by atoms with van der Waals surface area (Å²) in [6, 6.07) is 9.02. The summed E-state index contributed by atoms with van der Waals surface area (Å²) in [4.78, 5) is 62.0. The van der Waals surface area contributed by atoms with Crippen molar-refractivity contribution in [3.63, 3.8) is 0 Å². The van der Waals surface area contributed by atoms with E-state index in [-0.39, 0.29) is 33.5 Å². The highest BCUT2D eigenvalue weighted by molar-refractivity contribution is 9.10. The van der Waals surface area contributed by atoms with Crippen molar-refractivity contribution in [1.82, 2.24) is 4.90 Å². The summed E-state index contributed by atoms with van der Waals surface area (Å²) in [5.41, 5.74) is 0.679. The molecule has 2 N–H and O–H groups in total. The normalized spacial score (nSPS) is 14.1. The van der Waals surface area contributed by atoms with Crippen molar-refractivity contribution >= 4 is 80.0 Å². The number of aliphatic carboxylic acids is 1. The van der Waals surface area contributed by atoms with Gasteiger partial charge in [0.2, 0.25) is 5.91 Å². The second-order valence-corrected chi connectivity index (χ2v) is 10.2. The number of nitrogens with one attached hydrogen (secondary N) is 1. The zero-order valence-electron chi connectivity index (χ0n) is 20.0. The minimum atomic E-state index is -1.17. The number of rotatable bonds is 11. The minimum Gasteiger partial charge on any atom is -0.481 e. The molecule has 0 aliphatic carbocycles. The average molecular weight is 626 g/mol. The quantitative estimate of drug-likeness (QED) is 0.196. The molecule has 0 atom stereocenters. The summed E-state index contributed by atoms with van der Waals surface area (Å²) in [7, 11) is 0. The first kappa shape index (κ1) is 29.2. The number of imide groups is 1. The highest BCUT2D eigenvalue weighted by Gasteiger charge is 2.36. The minimum absolute atomic E-state index is 0.0321. The third-order valence-corrected chi connectivity index (χ3v) is 6.72. The Labute approximate surface area is 235 Å². The van der Waals surface area contributed by atoms with Gasteiger partial charge in [0.1, 0.15) is 12.3 Å². The number of unbranched alkanes of at least 4 members (excludes halogenated alkanes) is 1. The van der Waals surface area contributed by atoms with Gasteiger partial charge in [0, 0.05) is 15.7 Å². The average Bonchev–Trinajstić information content (AvgIpc) is 3.11. The Balaban J connectivity index is 1.70. The third-order valence-electron chi connectivity index (χ3n) is 4.99. The van der Waals surface area contributed by atoms with Crippen LogP contribution in [-0.2, 0) is 19.1 Å². The fourth-order valence-corrected chi connectivity index (χ4v) is 4.57. The van der Waals surface area contributed by atoms with E-state index < -0.39 is 42.1 Å². The summed E-state index contributed by atoms with van der Waals surface area (Å²) >= 11 is 10.0. The van der Waals surface area contributed by atoms with Gasteiger partial charge in [-0.3, -0.25) is 19.3 Å². The lowest BCUT2D eigenvalue weighted by molar-refractivity contribution is -0.139. The predicted molar refractivity (Wildman–Crippen MR) is 145 cm³/mol. The third kappa shape index (κ3) is 7.83. The molecule has 200 valence electrons. The Morgan fingerprint density at radius 2 is 1.95 bits per heavy atom. The standard InChI is InChI=1S/C25H22BrClN2O8S/c1-2-3-8-36-24(34)17-11-16(5-6-18(17)27)28-21(30)12-29-23(33)20(38-25(29)35)10-14-9-15(26)4-7-19(14)37-13-22(31)32/h4-7,9-11H,2-3,8,12-13H2,1H3,(H,28,30)(H,31,32)/b20-10+. The Hall–Kier alpha value is -3.35. The van der Waals surface area contributed by atoms with Crippen LogP contribution in [0, 0.1) is 0 Å². The Bertz CT molecular complexity index is 1320. The molecule has 0 radical (unpaired) electrons. The number of carbonyl (C=O) groups is 5. The molecule has 38 heavy (non-hydrogen) atoms. The van der Waals surface area contributed by atoms with Crippen molar-refractivity contribution in [2.75, 3.05) is 25.1 Å². The molecule has 2 aromatic rings. The number of benzene rings is 2. The molecule has 3 amide bonds. The van der Waals surface area contributed by atoms with Gasteiger partial charge in [-0.05, 0) is 60.7 Å². The smallest absolute Gasteiger partial charge is 0.341 e. The van der Waals surface area contributed by atoms with Crippen LogP contribution in [0.25, 0.3) is 6.08 Å². The van der Waals surface area contributed by atoms with Gasteiger partial charge < -0.3 is 19.9 Å². The topological polar surface area (TPSA) is 139 Å². The molecule has 1 saturated heterocycles. The number of thioether (sulfide) groups is 1. The lowest BCUT2D eigenvalue weighted by atomic mass is 10.2. The number of carbonyl (C=O) groups excluding carboxylic acids is 4. The molecule has 1 aliphatic rings. The van der Waals surface area contributed by atoms with E-state index in [2.05, 4.69) is 21.2 Å². The van der Waals surface area contributed by atoms with Gasteiger partial charge in [0.25, 0.3) is 11.1 Å². The molecular formula is C25H22BrClN2O8S. The molecular weight excluding hydrogens is 604 g/mol. The molecule has 3 rings (SSSR count). The number of carboxylic acid groups (broad SMARTS) is 1. The van der Waals surface area contributed by atoms with Gasteiger partial charge in [-0.25, -0.2) is 9.59 Å². The van der Waals surface area contributed by atoms with E-state index in [0.717, 1.165) is 11.3 Å². The lowest BCUT2D eigenvalue weighted by Gasteiger charge is -2.13. The number of anilines is 1. The monoisotopic (exact) mass is 624 g/mol. The molecule has 0 unspecified atom stereocenters. The molecule has 13 heteroatoms. The van der Waals surface area contributed by atoms with Crippen LogP contribution in [0.15, 0.2) is 45.8 Å². The van der Waals surface area contributed by atoms with Gasteiger partial charge in [-0.2, -0.15) is 0 Å². The van der Waals surface area contributed by atoms with Crippen LogP contribution in [0.3, 0.4) is 0 Å². The van der Waals surface area contributed by atoms with E-state index in [1.54, 1.807) is 12.1 Å². The van der Waals surface area contributed by atoms with E-state index in [4.69, 9.17) is 26.2 Å². The van der Waals surface area contributed by atoms with Gasteiger partial charge in [-0.1, -0.05) is 40.9 Å². The molecule has 10 nitrogen and oxygen atoms in total. The van der Waals surface area contributed by atoms with Crippen LogP contribution in [0.2, 0.25) is 5.02 Å². The van der Waals surface area contributed by atoms with E-state index in [1.807, 2.05) is 6.92 Å². The molecule has 1 fully saturated rings. The van der Waals surface area contributed by atoms with Crippen LogP contribution in [0.5, 0.6) is 5.75 Å². The fraction of sp³-hybridized carbons (Fsp3) is 0.240. The second kappa shape index (κ2) is 13.4. The molecule has 0 spiro atoms. The number of esters is 1. The number of nitrogens with zero attached hydrogens (tertiary/aromatic N) is 1. The first-order valence-electron chi connectivity index (χ1n) is 11.2. The maximum absolute atomic E-state index is 12.9. The van der Waals surface area contributed by atoms with E-state index in [9.17, 15) is 24.0 Å². The first-order valence-corrected chi connectivity index (χ1v) is 13.2. The van der Waals surface area contributed by atoms with E-state index in [0.29, 0.717) is 28.2 Å². The van der Waals surface area contributed by atoms with Crippen LogP contribution in [-0.4, -0.2) is 58.8 Å². The van der Waals surface area contributed by atoms with Crippen LogP contribution >= 0.6 is 39.3 Å². The van der Waals surface area contributed by atoms with Crippen molar-refractivity contribution in [2.45, 2.75) is 19.8 Å². The molecule has 1 heterocycles. The van der Waals surface area contributed by atoms with Crippen molar-refractivity contribution < 1.29 is 38.6 Å². The molecule has 2 aromatic carbocycles. The van der Waals surface area contributed by atoms with E-state index in [1.165, 1.54) is 30.3 Å². The number of hydrogen-bond donors (Lipinski definition) is 2. The number of hydrogen-bond acceptors (Lipinski definition) is 8. The summed E-state index contributed by atoms with van der Waals surface area (Å²) in [6.07, 6.45) is 2.94. The van der Waals surface area contributed by atoms with Crippen LogP contribution < -0.4 is 10.1 Å². The summed E-state index contributed by atoms with van der Waals surface area (Å²) in [5, 5.41) is 10.9. The van der Waals surface area contributed by atoms with Crippen LogP contribution in [0.1, 0.15) is 35.7 Å². The molecule has 1 aliphatic heterocycles. The number of halogens is 2. The Morgan fingerprint density at radius 1 is 1.18 bits per heavy atom. The summed E-state index contributed by atoms with van der Waals surface area (Å²) in [5.74, 6) is -2.97. The predicted octanol–water partition coefficient (Wildman–Crippen LogP) is 5.20. The fourth-order valence-electron chi connectivity index (χ4n) is 3.17. The molecule has 0 bridgehead atoms. The highest BCUT2D eigenvalue weighted by atomic mass is 79.9. The van der Waals surface area contributed by atoms with Gasteiger partial charge >= 0.3 is 11.9 Å². The SMILES string of the molecule is CCCCOC(=O)c1cc(NC(=O)CN2C(=O)S/C(=C/c3cc(Br)ccc3OCC(=O)O)C2=O)ccc1Cl. The zero-order chi connectivity index (χ0) is 27.8. The highest BCUT2D eigenvalue weighted by Crippen LogP contribution is 2.35. The summed E-state index contributed by atoms with van der Waals surface area (Å²) < 4.78 is 11.1. The number of carboxylic acids is 1. The molecule has 0 saturated carbocycles. The van der Waals surface area contributed by atoms with Gasteiger partial charge in [0.05, 0.1) is 22.1 Å². The Morgan fingerprint density at radius 3 is 2.66 bits per heavy atom. The lowest BCUT2D eigenvalue weighted by Crippen LogP contribution is -2.36. The van der Waals surface area contributed by atoms with Crippen molar-refractivity contribution in [3.05, 3.63) is 61.9 Å². The maximum Gasteiger partial charge on any atom is 0.341 e. The van der Waals surface area contributed by atoms with Crippen molar-refractivity contribution in [1.29, 1.82) is 0 Å².